The van der Waals surface area contributed by atoms with Gasteiger partial charge in [0.05, 0.1) is 13.3 Å². The summed E-state index contributed by atoms with van der Waals surface area (Å²) < 4.78 is 4.65. The van der Waals surface area contributed by atoms with Crippen LogP contribution in [0.2, 0.25) is 0 Å². The van der Waals surface area contributed by atoms with Crippen LogP contribution < -0.4 is 20.8 Å². The topological polar surface area (TPSA) is 32.8 Å². The van der Waals surface area contributed by atoms with E-state index in [0.29, 0.717) is 0 Å². The lowest BCUT2D eigenvalue weighted by Gasteiger charge is -2.36. The number of hydrogen-bond acceptors (Lipinski definition) is 4. The number of piperazine rings is 1. The molecule has 5 heteroatoms. The van der Waals surface area contributed by atoms with E-state index in [1.807, 2.05) is 24.3 Å². The molecule has 1 fully saturated rings. The summed E-state index contributed by atoms with van der Waals surface area (Å²) >= 11 is 0. The molecule has 0 aromatic heterocycles. The quantitative estimate of drug-likeness (QED) is 0.0723. The van der Waals surface area contributed by atoms with Gasteiger partial charge in [-0.25, -0.2) is 4.79 Å². The first-order valence-corrected chi connectivity index (χ1v) is 18.6. The van der Waals surface area contributed by atoms with E-state index in [-0.39, 0.29) is 5.97 Å². The van der Waals surface area contributed by atoms with E-state index in [4.69, 9.17) is 0 Å². The summed E-state index contributed by atoms with van der Waals surface area (Å²) in [6.07, 6.45) is 5.47. The molecule has 6 rings (SSSR count). The lowest BCUT2D eigenvalue weighted by Crippen LogP contribution is -2.47. The summed E-state index contributed by atoms with van der Waals surface area (Å²) in [5.74, 6) is 6.16. The van der Waals surface area contributed by atoms with E-state index in [0.717, 1.165) is 62.0 Å². The number of methoxy groups -OCH3 is 1. The van der Waals surface area contributed by atoms with E-state index in [2.05, 4.69) is 142 Å². The van der Waals surface area contributed by atoms with Crippen molar-refractivity contribution >= 4 is 40.9 Å². The highest BCUT2D eigenvalue weighted by Crippen LogP contribution is 2.55. The number of carbonyl (C=O) groups is 1. The molecule has 240 valence electrons. The van der Waals surface area contributed by atoms with Crippen LogP contribution in [-0.4, -0.2) is 56.9 Å². The fraction of sp³-hybridized carbons (Fsp3) is 0.186. The van der Waals surface area contributed by atoms with Crippen molar-refractivity contribution in [3.05, 3.63) is 162 Å². The van der Waals surface area contributed by atoms with Crippen molar-refractivity contribution in [3.8, 4) is 11.8 Å². The Morgan fingerprint density at radius 3 is 1.62 bits per heavy atom. The molecule has 0 saturated carbocycles. The molecule has 0 atom stereocenters. The van der Waals surface area contributed by atoms with Gasteiger partial charge in [0, 0.05) is 55.6 Å². The van der Waals surface area contributed by atoms with Gasteiger partial charge >= 0.3 is 5.97 Å². The average Bonchev–Trinajstić information content (AvgIpc) is 3.17. The first-order valence-electron chi connectivity index (χ1n) is 16.6. The van der Waals surface area contributed by atoms with Crippen LogP contribution in [0.25, 0.3) is 6.08 Å². The van der Waals surface area contributed by atoms with Crippen LogP contribution in [0.4, 0.5) is 5.69 Å². The Morgan fingerprint density at radius 1 is 0.667 bits per heavy atom. The monoisotopic (exact) mass is 649 g/mol. The zero-order valence-electron chi connectivity index (χ0n) is 27.5. The third-order valence-corrected chi connectivity index (χ3v) is 13.6. The molecule has 48 heavy (non-hydrogen) atoms. The fourth-order valence-corrected chi connectivity index (χ4v) is 10.8. The van der Waals surface area contributed by atoms with Crippen molar-refractivity contribution in [2.75, 3.05) is 50.9 Å². The Hall–Kier alpha value is -4.94. The second kappa shape index (κ2) is 16.2. The molecule has 5 aromatic rings. The number of carbonyl (C=O) groups excluding carboxylic acids is 1. The van der Waals surface area contributed by atoms with Crippen molar-refractivity contribution in [3.63, 3.8) is 0 Å². The molecule has 1 aliphatic rings. The van der Waals surface area contributed by atoms with Crippen molar-refractivity contribution in [2.24, 2.45) is 0 Å². The Balaban J connectivity index is 1.05. The molecular formula is C43H42N2O2P+. The summed E-state index contributed by atoms with van der Waals surface area (Å²) in [5.41, 5.74) is 4.11. The molecule has 0 aliphatic carbocycles. The minimum atomic E-state index is -1.79. The number of ether oxygens (including phenoxy) is 1. The van der Waals surface area contributed by atoms with Gasteiger partial charge in [0.15, 0.2) is 0 Å². The van der Waals surface area contributed by atoms with Gasteiger partial charge in [0.1, 0.15) is 23.2 Å². The van der Waals surface area contributed by atoms with Crippen molar-refractivity contribution in [1.29, 1.82) is 0 Å². The Kier molecular flexibility index (Phi) is 11.2. The molecule has 4 nitrogen and oxygen atoms in total. The number of esters is 1. The number of rotatable bonds is 10. The smallest absolute Gasteiger partial charge is 0.330 e. The lowest BCUT2D eigenvalue weighted by molar-refractivity contribution is -0.134. The molecule has 1 aliphatic heterocycles. The van der Waals surface area contributed by atoms with Crippen LogP contribution in [0.5, 0.6) is 0 Å². The number of hydrogen-bond donors (Lipinski definition) is 0. The highest BCUT2D eigenvalue weighted by Gasteiger charge is 2.44. The Labute approximate surface area is 286 Å². The van der Waals surface area contributed by atoms with Gasteiger partial charge in [-0.2, -0.15) is 0 Å². The molecule has 0 radical (unpaired) electrons. The first-order chi connectivity index (χ1) is 23.6. The molecule has 1 heterocycles. The molecule has 0 unspecified atom stereocenters. The van der Waals surface area contributed by atoms with Gasteiger partial charge in [-0.1, -0.05) is 78.6 Å². The summed E-state index contributed by atoms with van der Waals surface area (Å²) in [5, 5.41) is 4.38. The van der Waals surface area contributed by atoms with E-state index >= 15 is 0 Å². The molecule has 1 saturated heterocycles. The van der Waals surface area contributed by atoms with Crippen molar-refractivity contribution < 1.29 is 9.53 Å². The SMILES string of the molecule is COC(=O)/C=C/c1ccc(C#Cc2ccc(N3CCN(CCC[P+](c4ccccc4)(c4ccccc4)c4ccccc4)CC3)cc2)cc1. The molecule has 0 amide bonds. The Morgan fingerprint density at radius 2 is 1.15 bits per heavy atom. The number of nitrogens with zero attached hydrogens (tertiary/aromatic N) is 2. The number of anilines is 1. The minimum absolute atomic E-state index is 0.367. The van der Waals surface area contributed by atoms with Gasteiger partial charge in [-0.05, 0) is 90.9 Å². The van der Waals surface area contributed by atoms with E-state index in [9.17, 15) is 4.79 Å². The second-order valence-corrected chi connectivity index (χ2v) is 15.6. The fourth-order valence-electron chi connectivity index (χ4n) is 6.45. The van der Waals surface area contributed by atoms with Gasteiger partial charge in [-0.15, -0.1) is 0 Å². The highest BCUT2D eigenvalue weighted by atomic mass is 31.2. The Bertz CT molecular complexity index is 1740. The zero-order valence-corrected chi connectivity index (χ0v) is 28.4. The van der Waals surface area contributed by atoms with Crippen LogP contribution in [0.15, 0.2) is 146 Å². The molecular weight excluding hydrogens is 607 g/mol. The van der Waals surface area contributed by atoms with Crippen LogP contribution in [0.3, 0.4) is 0 Å². The summed E-state index contributed by atoms with van der Waals surface area (Å²) in [7, 11) is -0.416. The predicted octanol–water partition coefficient (Wildman–Crippen LogP) is 6.78. The normalized spacial score (nSPS) is 13.6. The third-order valence-electron chi connectivity index (χ3n) is 9.04. The number of benzene rings is 5. The van der Waals surface area contributed by atoms with Crippen LogP contribution in [0.1, 0.15) is 23.1 Å². The van der Waals surface area contributed by atoms with Crippen LogP contribution in [-0.2, 0) is 9.53 Å². The van der Waals surface area contributed by atoms with Crippen molar-refractivity contribution in [2.45, 2.75) is 6.42 Å². The van der Waals surface area contributed by atoms with Gasteiger partial charge in [-0.3, -0.25) is 4.90 Å². The van der Waals surface area contributed by atoms with Crippen molar-refractivity contribution in [1.82, 2.24) is 4.90 Å². The standard InChI is InChI=1S/C43H42N2O2P/c1-47-43(46)29-26-37-21-18-36(19-22-37)20-23-38-24-27-39(28-25-38)45-33-31-44(32-34-45)30-11-35-48(40-12-5-2-6-13-40,41-14-7-3-8-15-41)42-16-9-4-10-17-42/h2-10,12-19,21-22,24-29H,11,30-35H2,1H3/q+1/b29-26+. The summed E-state index contributed by atoms with van der Waals surface area (Å²) in [6.45, 7) is 5.30. The lowest BCUT2D eigenvalue weighted by atomic mass is 10.1. The maximum atomic E-state index is 11.3. The molecule has 0 N–H and O–H groups in total. The first kappa shape index (κ1) is 33.0. The van der Waals surface area contributed by atoms with E-state index in [1.165, 1.54) is 34.8 Å². The van der Waals surface area contributed by atoms with E-state index < -0.39 is 7.26 Å². The molecule has 0 bridgehead atoms. The summed E-state index contributed by atoms with van der Waals surface area (Å²) in [6, 6.07) is 50.1. The van der Waals surface area contributed by atoms with Gasteiger partial charge in [0.2, 0.25) is 0 Å². The largest absolute Gasteiger partial charge is 0.466 e. The maximum Gasteiger partial charge on any atom is 0.330 e. The van der Waals surface area contributed by atoms with Crippen LogP contribution in [0, 0.1) is 11.8 Å². The maximum absolute atomic E-state index is 11.3. The third kappa shape index (κ3) is 8.12. The van der Waals surface area contributed by atoms with Crippen LogP contribution >= 0.6 is 7.26 Å². The van der Waals surface area contributed by atoms with Gasteiger partial charge < -0.3 is 9.64 Å². The molecule has 5 aromatic carbocycles. The second-order valence-electron chi connectivity index (χ2n) is 12.0. The predicted molar refractivity (Wildman–Crippen MR) is 203 cm³/mol. The van der Waals surface area contributed by atoms with Gasteiger partial charge in [0.25, 0.3) is 0 Å². The average molecular weight is 650 g/mol. The zero-order chi connectivity index (χ0) is 33.0. The summed E-state index contributed by atoms with van der Waals surface area (Å²) in [4.78, 5) is 16.4. The highest BCUT2D eigenvalue weighted by molar-refractivity contribution is 7.95. The molecule has 0 spiro atoms. The van der Waals surface area contributed by atoms with E-state index in [1.54, 1.807) is 6.08 Å². The minimum Gasteiger partial charge on any atom is -0.466 e.